The van der Waals surface area contributed by atoms with Gasteiger partial charge in [-0.05, 0) is 136 Å². The van der Waals surface area contributed by atoms with Crippen LogP contribution in [0.3, 0.4) is 0 Å². The lowest BCUT2D eigenvalue weighted by molar-refractivity contribution is 0.620. The van der Waals surface area contributed by atoms with Gasteiger partial charge in [0.1, 0.15) is 11.0 Å². The number of rotatable bonds is 16. The quantitative estimate of drug-likeness (QED) is 0.0718. The largest absolute Gasteiger partial charge is 0.172 e. The molecule has 0 radical (unpaired) electrons. The molecule has 55 heavy (non-hydrogen) atoms. The third kappa shape index (κ3) is 8.62. The average molecular weight is 821 g/mol. The van der Waals surface area contributed by atoms with Crippen molar-refractivity contribution in [2.24, 2.45) is 0 Å². The van der Waals surface area contributed by atoms with Gasteiger partial charge in [0, 0.05) is 50.1 Å². The topological polar surface area (TPSA) is 25.8 Å². The summed E-state index contributed by atoms with van der Waals surface area (Å²) in [5.41, 5.74) is 10.8. The number of hydrogen-bond donors (Lipinski definition) is 0. The Labute approximate surface area is 349 Å². The first-order valence-electron chi connectivity index (χ1n) is 21.0. The number of allylic oxidation sites excluding steroid dienone is 4. The molecule has 7 heteroatoms. The van der Waals surface area contributed by atoms with E-state index in [9.17, 15) is 0 Å². The Morgan fingerprint density at radius 2 is 1.02 bits per heavy atom. The molecule has 0 aliphatic heterocycles. The highest BCUT2D eigenvalue weighted by Gasteiger charge is 2.26. The summed E-state index contributed by atoms with van der Waals surface area (Å²) in [5.74, 6) is 1.25. The Balaban J connectivity index is 1.18. The number of fused-ring (bicyclic) bond motifs is 1. The fourth-order valence-electron chi connectivity index (χ4n) is 8.81. The molecule has 288 valence electrons. The SMILES string of the molecule is CCCCCCc1cc(-c2ccc(-c3cc(CCCCCC)c(-c4sc(C)cc4C4CC=CCC4)s3)c3nsnc23)sc1-c1sc(C)cc1C1CC=CCC1. The normalized spacial score (nSPS) is 17.2. The predicted molar refractivity (Wildman–Crippen MR) is 247 cm³/mol. The van der Waals surface area contributed by atoms with Crippen LogP contribution in [0.25, 0.3) is 51.4 Å². The second-order valence-corrected chi connectivity index (χ2v) is 21.1. The third-order valence-corrected chi connectivity index (χ3v) is 17.2. The van der Waals surface area contributed by atoms with Crippen molar-refractivity contribution in [3.05, 3.63) is 92.7 Å². The van der Waals surface area contributed by atoms with Crippen LogP contribution in [0.5, 0.6) is 0 Å². The molecule has 5 aromatic heterocycles. The molecule has 2 atom stereocenters. The molecule has 2 nitrogen and oxygen atoms in total. The molecule has 0 N–H and O–H groups in total. The molecule has 0 amide bonds. The van der Waals surface area contributed by atoms with Crippen molar-refractivity contribution in [1.82, 2.24) is 8.75 Å². The Hall–Kier alpha value is -2.68. The lowest BCUT2D eigenvalue weighted by atomic mass is 9.87. The van der Waals surface area contributed by atoms with Crippen LogP contribution < -0.4 is 0 Å². The van der Waals surface area contributed by atoms with Gasteiger partial charge in [-0.3, -0.25) is 0 Å². The molecule has 2 unspecified atom stereocenters. The predicted octanol–water partition coefficient (Wildman–Crippen LogP) is 17.1. The highest BCUT2D eigenvalue weighted by atomic mass is 32.1. The summed E-state index contributed by atoms with van der Waals surface area (Å²) in [4.78, 5) is 11.6. The van der Waals surface area contributed by atoms with Crippen LogP contribution >= 0.6 is 57.1 Å². The van der Waals surface area contributed by atoms with Gasteiger partial charge in [-0.15, -0.1) is 45.3 Å². The molecule has 0 bridgehead atoms. The Morgan fingerprint density at radius 3 is 1.44 bits per heavy atom. The molecule has 2 aliphatic rings. The van der Waals surface area contributed by atoms with Gasteiger partial charge in [0.15, 0.2) is 0 Å². The van der Waals surface area contributed by atoms with E-state index in [4.69, 9.17) is 8.75 Å². The number of thiophene rings is 4. The smallest absolute Gasteiger partial charge is 0.114 e. The van der Waals surface area contributed by atoms with Gasteiger partial charge < -0.3 is 0 Å². The Bertz CT molecular complexity index is 2110. The van der Waals surface area contributed by atoms with Gasteiger partial charge in [-0.25, -0.2) is 0 Å². The van der Waals surface area contributed by atoms with Crippen LogP contribution in [-0.2, 0) is 12.8 Å². The summed E-state index contributed by atoms with van der Waals surface area (Å²) in [7, 11) is 0. The second-order valence-electron chi connectivity index (χ2n) is 15.9. The molecular weight excluding hydrogens is 765 g/mol. The molecule has 5 heterocycles. The monoisotopic (exact) mass is 820 g/mol. The van der Waals surface area contributed by atoms with Crippen LogP contribution in [0.1, 0.15) is 148 Å². The molecule has 8 rings (SSSR count). The summed E-state index contributed by atoms with van der Waals surface area (Å²) < 4.78 is 10.1. The Kier molecular flexibility index (Phi) is 13.0. The van der Waals surface area contributed by atoms with Crippen LogP contribution in [-0.4, -0.2) is 8.75 Å². The number of nitrogens with zero attached hydrogens (tertiary/aromatic N) is 2. The van der Waals surface area contributed by atoms with E-state index in [0.29, 0.717) is 11.8 Å². The van der Waals surface area contributed by atoms with E-state index in [2.05, 4.69) is 88.4 Å². The zero-order valence-corrected chi connectivity index (χ0v) is 37.3. The molecule has 0 saturated carbocycles. The van der Waals surface area contributed by atoms with Crippen molar-refractivity contribution < 1.29 is 0 Å². The van der Waals surface area contributed by atoms with E-state index in [1.807, 2.05) is 45.3 Å². The second kappa shape index (κ2) is 18.3. The van der Waals surface area contributed by atoms with E-state index >= 15 is 0 Å². The summed E-state index contributed by atoms with van der Waals surface area (Å²) in [5, 5.41) is 0. The summed E-state index contributed by atoms with van der Waals surface area (Å²) in [6, 6.07) is 14.8. The van der Waals surface area contributed by atoms with Gasteiger partial charge in [-0.1, -0.05) is 88.8 Å². The zero-order chi connectivity index (χ0) is 37.7. The summed E-state index contributed by atoms with van der Waals surface area (Å²) >= 11 is 9.41. The molecule has 2 aliphatic carbocycles. The van der Waals surface area contributed by atoms with Crippen molar-refractivity contribution in [2.75, 3.05) is 0 Å². The van der Waals surface area contributed by atoms with Crippen LogP contribution in [0.15, 0.2) is 60.7 Å². The van der Waals surface area contributed by atoms with E-state index in [0.717, 1.165) is 36.7 Å². The maximum absolute atomic E-state index is 5.04. The highest BCUT2D eigenvalue weighted by molar-refractivity contribution is 7.25. The summed E-state index contributed by atoms with van der Waals surface area (Å²) in [6.45, 7) is 9.22. The lowest BCUT2D eigenvalue weighted by Gasteiger charge is -2.18. The van der Waals surface area contributed by atoms with E-state index < -0.39 is 0 Å². The van der Waals surface area contributed by atoms with Crippen molar-refractivity contribution >= 4 is 68.1 Å². The maximum Gasteiger partial charge on any atom is 0.114 e. The zero-order valence-electron chi connectivity index (χ0n) is 33.2. The van der Waals surface area contributed by atoms with Gasteiger partial charge in [0.25, 0.3) is 0 Å². The van der Waals surface area contributed by atoms with Crippen molar-refractivity contribution in [3.8, 4) is 40.4 Å². The summed E-state index contributed by atoms with van der Waals surface area (Å²) in [6.07, 6.45) is 29.3. The van der Waals surface area contributed by atoms with Crippen LogP contribution in [0, 0.1) is 13.8 Å². The van der Waals surface area contributed by atoms with E-state index in [1.165, 1.54) is 150 Å². The third-order valence-electron chi connectivity index (χ3n) is 11.8. The van der Waals surface area contributed by atoms with E-state index in [1.54, 1.807) is 11.1 Å². The minimum Gasteiger partial charge on any atom is -0.172 e. The Morgan fingerprint density at radius 1 is 0.545 bits per heavy atom. The molecule has 0 spiro atoms. The van der Waals surface area contributed by atoms with Crippen molar-refractivity contribution in [1.29, 1.82) is 0 Å². The molecule has 0 saturated heterocycles. The van der Waals surface area contributed by atoms with Gasteiger partial charge >= 0.3 is 0 Å². The first-order chi connectivity index (χ1) is 27.0. The van der Waals surface area contributed by atoms with E-state index in [-0.39, 0.29) is 0 Å². The molecule has 1 aromatic carbocycles. The highest BCUT2D eigenvalue weighted by Crippen LogP contribution is 2.51. The maximum atomic E-state index is 5.04. The fraction of sp³-hybridized carbons (Fsp3) is 0.458. The molecule has 0 fully saturated rings. The first-order valence-corrected chi connectivity index (χ1v) is 25.0. The minimum atomic E-state index is 0.623. The van der Waals surface area contributed by atoms with Crippen molar-refractivity contribution in [3.63, 3.8) is 0 Å². The van der Waals surface area contributed by atoms with Gasteiger partial charge in [-0.2, -0.15) is 8.75 Å². The fourth-order valence-corrected chi connectivity index (χ4v) is 14.4. The minimum absolute atomic E-state index is 0.623. The standard InChI is InChI=1S/C48H56N2S5/c1-5-7-9-13-23-35-29-41(53-45(35)47-39(27-31(3)51-47)33-19-15-11-16-20-33)37-25-26-38(44-43(37)49-55-50-44)42-30-36(24-14-10-8-6-2)46(54-42)48-40(28-32(4)52-48)34-21-17-12-18-22-34/h11-12,15,17,25-30,33-34H,5-10,13-14,16,18-24H2,1-4H3. The van der Waals surface area contributed by atoms with Crippen LogP contribution in [0.4, 0.5) is 0 Å². The number of hydrogen-bond acceptors (Lipinski definition) is 7. The van der Waals surface area contributed by atoms with Crippen LogP contribution in [0.2, 0.25) is 0 Å². The lowest BCUT2D eigenvalue weighted by Crippen LogP contribution is -2.01. The number of aryl methyl sites for hydroxylation is 4. The molecular formula is C48H56N2S5. The number of benzene rings is 1. The average Bonchev–Trinajstić information content (AvgIpc) is 4.06. The number of unbranched alkanes of at least 4 members (excludes halogenated alkanes) is 6. The molecule has 6 aromatic rings. The number of aromatic nitrogens is 2. The van der Waals surface area contributed by atoms with Gasteiger partial charge in [0.05, 0.1) is 11.7 Å². The van der Waals surface area contributed by atoms with Gasteiger partial charge in [0.2, 0.25) is 0 Å². The van der Waals surface area contributed by atoms with Crippen molar-refractivity contribution in [2.45, 2.75) is 142 Å². The first kappa shape index (κ1) is 39.2.